The van der Waals surface area contributed by atoms with Crippen molar-refractivity contribution in [2.75, 3.05) is 28.4 Å². The number of benzene rings is 12. The van der Waals surface area contributed by atoms with Crippen LogP contribution in [0.5, 0.6) is 23.0 Å². The van der Waals surface area contributed by atoms with Crippen LogP contribution in [0, 0.1) is 121 Å². The largest absolute Gasteiger partial charge is 0.496 e. The van der Waals surface area contributed by atoms with E-state index >= 15 is 0 Å². The third kappa shape index (κ3) is 13.7. The van der Waals surface area contributed by atoms with Gasteiger partial charge < -0.3 is 18.9 Å². The van der Waals surface area contributed by atoms with E-state index in [-0.39, 0.29) is 202 Å². The van der Waals surface area contributed by atoms with Gasteiger partial charge in [-0.05, 0) is 95.1 Å². The van der Waals surface area contributed by atoms with Gasteiger partial charge in [-0.2, -0.15) is 0 Å². The van der Waals surface area contributed by atoms with Gasteiger partial charge in [-0.3, -0.25) is 121 Å². The van der Waals surface area contributed by atoms with Crippen molar-refractivity contribution in [3.05, 3.63) is 380 Å². The first-order chi connectivity index (χ1) is 61.1. The number of rotatable bonds is 20. The number of hydrogen-bond acceptors (Lipinski definition) is 32. The molecule has 0 saturated carbocycles. The molecule has 44 heteroatoms. The van der Waals surface area contributed by atoms with Crippen LogP contribution in [-0.4, -0.2) is 110 Å². The van der Waals surface area contributed by atoms with Crippen molar-refractivity contribution in [2.24, 2.45) is 20.0 Å². The molecule has 0 radical (unpaired) electrons. The van der Waals surface area contributed by atoms with Gasteiger partial charge in [0, 0.05) is 187 Å². The summed E-state index contributed by atoms with van der Waals surface area (Å²) in [6, 6.07) is 31.7. The molecule has 632 valence electrons. The fraction of sp³-hybridized carbons (Fsp3) is 0.0952. The molecule has 8 bridgehead atoms. The Morgan fingerprint density at radius 1 is 0.203 bits per heavy atom. The summed E-state index contributed by atoms with van der Waals surface area (Å²) in [7, 11) is 5.09. The number of fused-ring (bicyclic) bond motifs is 20. The topological polar surface area (TPSA) is 604 Å². The number of ether oxygens (including phenoxy) is 4. The lowest BCUT2D eigenvalue weighted by atomic mass is 9.90. The van der Waals surface area contributed by atoms with Crippen molar-refractivity contribution < 1.29 is 78.0 Å². The summed E-state index contributed by atoms with van der Waals surface area (Å²) in [4.78, 5) is 164. The molecule has 0 heterocycles. The molecule has 0 saturated heterocycles. The maximum atomic E-state index is 13.1. The van der Waals surface area contributed by atoms with Crippen LogP contribution >= 0.6 is 0 Å². The van der Waals surface area contributed by atoms with Gasteiger partial charge >= 0.3 is 0 Å². The highest BCUT2D eigenvalue weighted by atomic mass is 16.7. The maximum Gasteiger partial charge on any atom is 0.284 e. The first kappa shape index (κ1) is 81.7. The second kappa shape index (κ2) is 30.8. The molecule has 0 unspecified atom stereocenters. The zero-order valence-corrected chi connectivity index (χ0v) is 65.6. The lowest BCUT2D eigenvalue weighted by Gasteiger charge is -2.22. The molecule has 5 aliphatic rings. The molecule has 5 aliphatic carbocycles. The van der Waals surface area contributed by atoms with Gasteiger partial charge in [0.05, 0.1) is 180 Å². The van der Waals surface area contributed by atoms with Gasteiger partial charge in [-0.25, -0.2) is 20.0 Å². The zero-order valence-electron chi connectivity index (χ0n) is 65.6. The molecule has 128 heavy (non-hydrogen) atoms. The van der Waals surface area contributed by atoms with Gasteiger partial charge in [-0.15, -0.1) is 0 Å². The van der Waals surface area contributed by atoms with Crippen LogP contribution in [0.3, 0.4) is 0 Å². The normalized spacial score (nSPS) is 13.8. The Morgan fingerprint density at radius 2 is 0.367 bits per heavy atom. The molecule has 0 N–H and O–H groups in total. The predicted octanol–water partition coefficient (Wildman–Crippen LogP) is 17.9. The van der Waals surface area contributed by atoms with Gasteiger partial charge in [0.15, 0.2) is 0 Å². The molecule has 0 aliphatic heterocycles. The maximum absolute atomic E-state index is 13.1. The Morgan fingerprint density at radius 3 is 0.516 bits per heavy atom. The Kier molecular flexibility index (Phi) is 19.6. The van der Waals surface area contributed by atoms with Crippen LogP contribution in [0.15, 0.2) is 190 Å². The van der Waals surface area contributed by atoms with Crippen LogP contribution < -0.4 is 18.9 Å². The van der Waals surface area contributed by atoms with E-state index in [0.29, 0.717) is 24.3 Å². The average Bonchev–Trinajstić information content (AvgIpc) is 1.59. The summed E-state index contributed by atoms with van der Waals surface area (Å²) in [6.07, 6.45) is -1.75. The minimum Gasteiger partial charge on any atom is -0.496 e. The molecule has 44 nitrogen and oxygen atoms in total. The fourth-order valence-electron chi connectivity index (χ4n) is 17.3. The first-order valence-electron chi connectivity index (χ1n) is 37.3. The number of aliphatic imine (C=N–C) groups is 4. The van der Waals surface area contributed by atoms with Crippen molar-refractivity contribution in [2.45, 2.75) is 25.7 Å². The van der Waals surface area contributed by atoms with Crippen LogP contribution in [0.25, 0.3) is 44.5 Å². The number of nitrogens with zero attached hydrogens (tertiary/aromatic N) is 16. The molecular weight excluding hydrogens is 1680 g/mol. The summed E-state index contributed by atoms with van der Waals surface area (Å²) in [5, 5.41) is 154. The van der Waals surface area contributed by atoms with E-state index in [2.05, 4.69) is 0 Å². The van der Waals surface area contributed by atoms with Gasteiger partial charge in [0.2, 0.25) is 0 Å². The molecule has 17 rings (SSSR count). The standard InChI is InChI=1S/C84H48N16O28/c1-125-81-37-13-39-19-46(86-78-62-26-50(90(103)104)6-10-58(62)74-66(78)30-54(94(111)112)34-70(74)98(119)120)21-41(82(39)126-2)15-43-23-48(88-80-64-28-52(92(107)108)8-12-60(64)76-68(80)32-56(96(115)116)36-72(76)100(123)124)24-44(84(43)128-4)16-42-22-47(87-79-63-27-51(91(105)106)7-11-59(63)75-67(79)31-55(95(113)114)35-71(75)99(121)122)20-40(83(42)127-3)14-38(81)18-45(17-37)85-77-61-25-49(89(101)102)5-9-57(61)73-65(77)29-53(93(109)110)33-69(73)97(117)118/h5-12,17-36H,13-16H2,1-4H3. The predicted molar refractivity (Wildman–Crippen MR) is 452 cm³/mol. The third-order valence-electron chi connectivity index (χ3n) is 22.2. The monoisotopic (exact) mass is 1730 g/mol. The van der Waals surface area contributed by atoms with Crippen LogP contribution in [-0.2, 0) is 25.7 Å². The number of hydrogen-bond donors (Lipinski definition) is 0. The highest BCUT2D eigenvalue weighted by Crippen LogP contribution is 2.54. The minimum absolute atomic E-state index is 0.00123. The summed E-state index contributed by atoms with van der Waals surface area (Å²) in [5.74, 6) is -0.00492. The Hall–Kier alpha value is -18.7. The van der Waals surface area contributed by atoms with Crippen LogP contribution in [0.2, 0.25) is 0 Å². The van der Waals surface area contributed by atoms with E-state index in [9.17, 15) is 121 Å². The Labute approximate surface area is 710 Å². The van der Waals surface area contributed by atoms with E-state index < -0.39 is 153 Å². The van der Waals surface area contributed by atoms with Crippen molar-refractivity contribution in [1.82, 2.24) is 0 Å². The number of nitro groups is 12. The van der Waals surface area contributed by atoms with Crippen molar-refractivity contribution in [3.63, 3.8) is 0 Å². The van der Waals surface area contributed by atoms with Crippen molar-refractivity contribution in [3.8, 4) is 67.5 Å². The zero-order chi connectivity index (χ0) is 90.9. The van der Waals surface area contributed by atoms with Gasteiger partial charge in [0.25, 0.3) is 68.2 Å². The lowest BCUT2D eigenvalue weighted by molar-refractivity contribution is -0.394. The van der Waals surface area contributed by atoms with Crippen LogP contribution in [0.1, 0.15) is 89.0 Å². The summed E-state index contributed by atoms with van der Waals surface area (Å²) in [6.45, 7) is 0. The Balaban J connectivity index is 0.998. The first-order valence-corrected chi connectivity index (χ1v) is 37.3. The van der Waals surface area contributed by atoms with Gasteiger partial charge in [-0.1, -0.05) is 0 Å². The third-order valence-corrected chi connectivity index (χ3v) is 22.2. The molecule has 12 aromatic rings. The Bertz CT molecular complexity index is 6490. The highest BCUT2D eigenvalue weighted by Gasteiger charge is 2.43. The van der Waals surface area contributed by atoms with Crippen molar-refractivity contribution >= 4 is 114 Å². The second-order valence-electron chi connectivity index (χ2n) is 29.3. The summed E-state index contributed by atoms with van der Waals surface area (Å²) in [5.41, 5.74) is -11.5. The van der Waals surface area contributed by atoms with E-state index in [1.54, 1.807) is 0 Å². The number of nitro benzene ring substituents is 12. The molecule has 0 spiro atoms. The van der Waals surface area contributed by atoms with Gasteiger partial charge in [0.1, 0.15) is 23.0 Å². The SMILES string of the molecule is COc1c2cc(N=C3c4cc([N+](=O)[O-])ccc4-c4c3cc([N+](=O)[O-])cc4[N+](=O)[O-])cc1Cc1cc(N=C3c4cc([N+](=O)[O-])ccc4-c4c3cc([N+](=O)[O-])cc4[N+](=O)[O-])cc(c1OC)Cc1cc(N=C3c4cc([N+](=O)[O-])ccc4-c4c3cc([N+](=O)[O-])cc4[N+](=O)[O-])cc(c1OC)Cc1cc(N=C3c4cc([N+](=O)[O-])ccc4-c4c3cc([N+](=O)[O-])cc4[N+](=O)[O-])cc(c1OC)C2. The molecule has 0 fully saturated rings. The number of non-ortho nitro benzene ring substituents is 8. The van der Waals surface area contributed by atoms with E-state index in [0.717, 1.165) is 72.8 Å². The van der Waals surface area contributed by atoms with E-state index in [4.69, 9.17) is 38.9 Å². The summed E-state index contributed by atoms with van der Waals surface area (Å²) >= 11 is 0. The lowest BCUT2D eigenvalue weighted by Crippen LogP contribution is -2.07. The fourth-order valence-corrected chi connectivity index (χ4v) is 17.3. The quantitative estimate of drug-likeness (QED) is 0.0505. The minimum atomic E-state index is -0.899. The van der Waals surface area contributed by atoms with Crippen LogP contribution in [0.4, 0.5) is 91.0 Å². The highest BCUT2D eigenvalue weighted by molar-refractivity contribution is 6.30. The molecule has 0 atom stereocenters. The molecule has 0 amide bonds. The smallest absolute Gasteiger partial charge is 0.284 e. The summed E-state index contributed by atoms with van der Waals surface area (Å²) < 4.78 is 25.8. The average molecular weight is 1730 g/mol. The molecule has 12 aromatic carbocycles. The molecular formula is C84H48N16O28. The van der Waals surface area contributed by atoms with E-state index in [1.165, 1.54) is 101 Å². The second-order valence-corrected chi connectivity index (χ2v) is 29.3. The molecule has 0 aromatic heterocycles. The van der Waals surface area contributed by atoms with E-state index in [1.807, 2.05) is 0 Å². The van der Waals surface area contributed by atoms with Crippen molar-refractivity contribution in [1.29, 1.82) is 0 Å². The number of methoxy groups -OCH3 is 4.